The second kappa shape index (κ2) is 12.3. The molecule has 4 rings (SSSR count). The van der Waals surface area contributed by atoms with Gasteiger partial charge in [0.2, 0.25) is 17.7 Å². The molecule has 4 bridgehead atoms. The number of aliphatic hydroxyl groups is 1. The van der Waals surface area contributed by atoms with Gasteiger partial charge in [-0.1, -0.05) is 26.0 Å². The van der Waals surface area contributed by atoms with Gasteiger partial charge in [-0.15, -0.1) is 0 Å². The first-order valence-corrected chi connectivity index (χ1v) is 13.7. The van der Waals surface area contributed by atoms with Gasteiger partial charge in [-0.25, -0.2) is 0 Å². The average Bonchev–Trinajstić information content (AvgIpc) is 3.54. The van der Waals surface area contributed by atoms with E-state index in [-0.39, 0.29) is 42.7 Å². The third kappa shape index (κ3) is 6.70. The Balaban J connectivity index is 1.61. The van der Waals surface area contributed by atoms with E-state index in [0.29, 0.717) is 31.4 Å². The number of aliphatic hydroxyl groups excluding tert-OH is 1. The van der Waals surface area contributed by atoms with E-state index in [1.807, 2.05) is 26.0 Å². The number of carbonyl (C=O) groups is 4. The van der Waals surface area contributed by atoms with Gasteiger partial charge in [-0.3, -0.25) is 19.2 Å². The molecule has 3 aliphatic rings. The molecule has 1 aromatic carbocycles. The van der Waals surface area contributed by atoms with Crippen molar-refractivity contribution >= 4 is 23.6 Å². The highest BCUT2D eigenvalue weighted by Gasteiger charge is 2.44. The molecule has 7 atom stereocenters. The number of carbonyl (C=O) groups excluding carboxylic acids is 4. The lowest BCUT2D eigenvalue weighted by molar-refractivity contribution is -0.141. The number of likely N-dealkylation sites (N-methyl/N-ethyl adjacent to an activating group) is 1. The van der Waals surface area contributed by atoms with Crippen LogP contribution in [-0.2, 0) is 30.3 Å². The molecule has 214 valence electrons. The Kier molecular flexibility index (Phi) is 9.12. The molecule has 2 aliphatic heterocycles. The summed E-state index contributed by atoms with van der Waals surface area (Å²) in [4.78, 5) is 54.9. The normalized spacial score (nSPS) is 32.2. The van der Waals surface area contributed by atoms with E-state index >= 15 is 0 Å². The molecule has 39 heavy (non-hydrogen) atoms. The molecule has 0 unspecified atom stereocenters. The fourth-order valence-electron chi connectivity index (χ4n) is 5.67. The fourth-order valence-corrected chi connectivity index (χ4v) is 5.67. The first-order valence-electron chi connectivity index (χ1n) is 13.7. The van der Waals surface area contributed by atoms with E-state index < -0.39 is 42.1 Å². The SMILES string of the molecule is COc1ccc(C[C@H]2NC(=O)[C@@H]3OC[C@H](NC(=O)[C@@H](CC(C)C)NC(=O)[C@@H]4CC[C@@H](C4)N(C)C2=O)[C@H]3O)cc1. The number of amides is 4. The highest BCUT2D eigenvalue weighted by Crippen LogP contribution is 2.30. The quantitative estimate of drug-likeness (QED) is 0.412. The van der Waals surface area contributed by atoms with Crippen molar-refractivity contribution < 1.29 is 33.8 Å². The summed E-state index contributed by atoms with van der Waals surface area (Å²) >= 11 is 0. The van der Waals surface area contributed by atoms with Crippen LogP contribution < -0.4 is 20.7 Å². The summed E-state index contributed by atoms with van der Waals surface area (Å²) in [5.74, 6) is -1.06. The van der Waals surface area contributed by atoms with Gasteiger partial charge < -0.3 is 35.4 Å². The number of hydrogen-bond donors (Lipinski definition) is 4. The molecule has 0 radical (unpaired) electrons. The predicted molar refractivity (Wildman–Crippen MR) is 142 cm³/mol. The van der Waals surface area contributed by atoms with Crippen molar-refractivity contribution in [2.24, 2.45) is 11.8 Å². The van der Waals surface area contributed by atoms with E-state index in [1.54, 1.807) is 31.2 Å². The third-order valence-corrected chi connectivity index (χ3v) is 7.99. The molecule has 11 heteroatoms. The molecule has 3 fully saturated rings. The molecule has 4 N–H and O–H groups in total. The van der Waals surface area contributed by atoms with Crippen LogP contribution in [0.25, 0.3) is 0 Å². The van der Waals surface area contributed by atoms with Gasteiger partial charge in [-0.2, -0.15) is 0 Å². The third-order valence-electron chi connectivity index (χ3n) is 7.99. The lowest BCUT2D eigenvalue weighted by Crippen LogP contribution is -2.57. The number of ether oxygens (including phenoxy) is 2. The standard InChI is InChI=1S/C28H40N4O7/c1-15(2)11-20-26(35)31-22-14-39-24(23(22)33)27(36)30-21(12-16-5-9-19(38-4)10-6-16)28(37)32(3)18-8-7-17(13-18)25(34)29-20/h5-6,9-10,15,17-18,20-24,33H,7-8,11-14H2,1-4H3,(H,29,34)(H,30,36)(H,31,35)/t17-,18+,20-,21-,22+,23-,24-/m1/s1. The van der Waals surface area contributed by atoms with Crippen molar-refractivity contribution in [1.82, 2.24) is 20.9 Å². The van der Waals surface area contributed by atoms with Gasteiger partial charge in [0.15, 0.2) is 6.10 Å². The minimum atomic E-state index is -1.32. The maximum Gasteiger partial charge on any atom is 0.252 e. The minimum absolute atomic E-state index is 0.0744. The fraction of sp³-hybridized carbons (Fsp3) is 0.643. The summed E-state index contributed by atoms with van der Waals surface area (Å²) in [5.41, 5.74) is 0.815. The Hall–Kier alpha value is -3.18. The van der Waals surface area contributed by atoms with Crippen LogP contribution in [-0.4, -0.2) is 90.8 Å². The largest absolute Gasteiger partial charge is 0.497 e. The number of benzene rings is 1. The average molecular weight is 545 g/mol. The molecular formula is C28H40N4O7. The number of fused-ring (bicyclic) bond motifs is 4. The summed E-state index contributed by atoms with van der Waals surface area (Å²) in [6.45, 7) is 3.84. The van der Waals surface area contributed by atoms with Crippen LogP contribution in [0.2, 0.25) is 0 Å². The van der Waals surface area contributed by atoms with Crippen LogP contribution >= 0.6 is 0 Å². The van der Waals surface area contributed by atoms with Crippen LogP contribution in [0.4, 0.5) is 0 Å². The summed E-state index contributed by atoms with van der Waals surface area (Å²) in [5, 5.41) is 19.3. The molecule has 4 amide bonds. The summed E-state index contributed by atoms with van der Waals surface area (Å²) < 4.78 is 10.8. The van der Waals surface area contributed by atoms with Crippen molar-refractivity contribution in [3.05, 3.63) is 29.8 Å². The summed E-state index contributed by atoms with van der Waals surface area (Å²) in [6.07, 6.45) is -0.229. The van der Waals surface area contributed by atoms with Gasteiger partial charge in [0.25, 0.3) is 5.91 Å². The van der Waals surface area contributed by atoms with Crippen molar-refractivity contribution in [3.63, 3.8) is 0 Å². The number of methoxy groups -OCH3 is 1. The van der Waals surface area contributed by atoms with Crippen LogP contribution in [0.1, 0.15) is 45.1 Å². The topological polar surface area (TPSA) is 146 Å². The second-order valence-corrected chi connectivity index (χ2v) is 11.3. The maximum absolute atomic E-state index is 13.7. The zero-order valence-electron chi connectivity index (χ0n) is 23.0. The lowest BCUT2D eigenvalue weighted by Gasteiger charge is -2.31. The summed E-state index contributed by atoms with van der Waals surface area (Å²) in [6, 6.07) is 4.50. The summed E-state index contributed by atoms with van der Waals surface area (Å²) in [7, 11) is 3.26. The number of rotatable bonds is 5. The number of hydrogen-bond acceptors (Lipinski definition) is 7. The zero-order chi connectivity index (χ0) is 28.3. The molecule has 11 nitrogen and oxygen atoms in total. The van der Waals surface area contributed by atoms with Crippen molar-refractivity contribution in [1.29, 1.82) is 0 Å². The van der Waals surface area contributed by atoms with Crippen LogP contribution in [0, 0.1) is 11.8 Å². The molecule has 2 saturated heterocycles. The Morgan fingerprint density at radius 3 is 2.36 bits per heavy atom. The van der Waals surface area contributed by atoms with Crippen molar-refractivity contribution in [2.45, 2.75) is 82.3 Å². The van der Waals surface area contributed by atoms with Crippen molar-refractivity contribution in [3.8, 4) is 5.75 Å². The van der Waals surface area contributed by atoms with E-state index in [1.165, 1.54) is 0 Å². The number of nitrogens with zero attached hydrogens (tertiary/aromatic N) is 1. The Morgan fingerprint density at radius 2 is 1.69 bits per heavy atom. The Labute approximate surface area is 229 Å². The van der Waals surface area contributed by atoms with Crippen LogP contribution in [0.3, 0.4) is 0 Å². The zero-order valence-corrected chi connectivity index (χ0v) is 23.0. The van der Waals surface area contributed by atoms with Gasteiger partial charge in [-0.05, 0) is 49.3 Å². The van der Waals surface area contributed by atoms with Crippen LogP contribution in [0.15, 0.2) is 24.3 Å². The van der Waals surface area contributed by atoms with E-state index in [9.17, 15) is 24.3 Å². The van der Waals surface area contributed by atoms with E-state index in [4.69, 9.17) is 9.47 Å². The molecular weight excluding hydrogens is 504 g/mol. The predicted octanol–water partition coefficient (Wildman–Crippen LogP) is 0.139. The molecule has 1 aliphatic carbocycles. The first-order chi connectivity index (χ1) is 18.6. The monoisotopic (exact) mass is 544 g/mol. The first kappa shape index (κ1) is 28.8. The molecule has 1 saturated carbocycles. The van der Waals surface area contributed by atoms with Gasteiger partial charge in [0, 0.05) is 25.4 Å². The Bertz CT molecular complexity index is 1060. The van der Waals surface area contributed by atoms with E-state index in [0.717, 1.165) is 5.56 Å². The molecule has 2 heterocycles. The van der Waals surface area contributed by atoms with Gasteiger partial charge >= 0.3 is 0 Å². The molecule has 1 aromatic rings. The smallest absolute Gasteiger partial charge is 0.252 e. The second-order valence-electron chi connectivity index (χ2n) is 11.3. The maximum atomic E-state index is 13.7. The molecule has 0 spiro atoms. The minimum Gasteiger partial charge on any atom is -0.497 e. The van der Waals surface area contributed by atoms with Gasteiger partial charge in [0.1, 0.15) is 23.9 Å². The van der Waals surface area contributed by atoms with Crippen molar-refractivity contribution in [2.75, 3.05) is 20.8 Å². The Morgan fingerprint density at radius 1 is 1.00 bits per heavy atom. The lowest BCUT2D eigenvalue weighted by atomic mass is 9.99. The highest BCUT2D eigenvalue weighted by atomic mass is 16.5. The van der Waals surface area contributed by atoms with E-state index in [2.05, 4.69) is 16.0 Å². The van der Waals surface area contributed by atoms with Gasteiger partial charge in [0.05, 0.1) is 19.8 Å². The van der Waals surface area contributed by atoms with Crippen LogP contribution in [0.5, 0.6) is 5.75 Å². The highest BCUT2D eigenvalue weighted by molar-refractivity contribution is 5.91. The molecule has 0 aromatic heterocycles. The number of nitrogens with one attached hydrogen (secondary N) is 3.